The third kappa shape index (κ3) is 16.8. The molecule has 6 heteroatoms. The smallest absolute Gasteiger partial charge is 0.322 e. The number of nitrogens with zero attached hydrogens (tertiary/aromatic N) is 1. The van der Waals surface area contributed by atoms with Crippen LogP contribution in [0.15, 0.2) is 4.99 Å². The van der Waals surface area contributed by atoms with Crippen LogP contribution in [0.2, 0.25) is 0 Å². The number of carbonyl (C=O) groups excluding carboxylic acids is 1. The van der Waals surface area contributed by atoms with E-state index in [0.717, 1.165) is 12.8 Å². The molecule has 0 spiro atoms. The second-order valence-corrected chi connectivity index (χ2v) is 7.96. The quantitative estimate of drug-likeness (QED) is 0.130. The molecule has 0 aromatic carbocycles. The molecule has 0 aliphatic carbocycles. The Balaban J connectivity index is 4.16. The van der Waals surface area contributed by atoms with Gasteiger partial charge in [-0.3, -0.25) is 9.79 Å². The summed E-state index contributed by atoms with van der Waals surface area (Å²) in [6.07, 6.45) is 16.3. The van der Waals surface area contributed by atoms with E-state index in [1.165, 1.54) is 64.2 Å². The standard InChI is InChI=1S/C22H46N4O2/c1-3-5-7-9-10-12-15-19(14-11-8-6-4-2)18-28-21(27)20(23)16-13-17-26-22(24)25/h19-20H,3-18,23H2,1-2H3,(H4,24,25,26)/t19?,20-/m0/s1. The highest BCUT2D eigenvalue weighted by atomic mass is 16.5. The van der Waals surface area contributed by atoms with Crippen LogP contribution in [-0.4, -0.2) is 31.1 Å². The summed E-state index contributed by atoms with van der Waals surface area (Å²) in [7, 11) is 0. The normalized spacial score (nSPS) is 13.1. The molecule has 28 heavy (non-hydrogen) atoms. The minimum atomic E-state index is -0.594. The van der Waals surface area contributed by atoms with E-state index in [2.05, 4.69) is 18.8 Å². The molecule has 0 rings (SSSR count). The van der Waals surface area contributed by atoms with Gasteiger partial charge in [-0.05, 0) is 31.6 Å². The van der Waals surface area contributed by atoms with Gasteiger partial charge < -0.3 is 21.9 Å². The first kappa shape index (κ1) is 26.7. The molecular formula is C22H46N4O2. The van der Waals surface area contributed by atoms with Gasteiger partial charge in [-0.15, -0.1) is 0 Å². The maximum absolute atomic E-state index is 12.2. The predicted octanol–water partition coefficient (Wildman–Crippen LogP) is 4.25. The number of hydrogen-bond acceptors (Lipinski definition) is 4. The van der Waals surface area contributed by atoms with Gasteiger partial charge in [-0.1, -0.05) is 78.1 Å². The molecule has 2 atom stereocenters. The monoisotopic (exact) mass is 398 g/mol. The number of nitrogens with two attached hydrogens (primary N) is 3. The van der Waals surface area contributed by atoms with E-state index in [4.69, 9.17) is 21.9 Å². The molecule has 0 radical (unpaired) electrons. The predicted molar refractivity (Wildman–Crippen MR) is 119 cm³/mol. The van der Waals surface area contributed by atoms with Crippen molar-refractivity contribution in [3.8, 4) is 0 Å². The van der Waals surface area contributed by atoms with Gasteiger partial charge in [-0.2, -0.15) is 0 Å². The van der Waals surface area contributed by atoms with E-state index >= 15 is 0 Å². The average Bonchev–Trinajstić information content (AvgIpc) is 2.67. The number of unbranched alkanes of at least 4 members (excludes halogenated alkanes) is 8. The van der Waals surface area contributed by atoms with Crippen LogP contribution in [0.4, 0.5) is 0 Å². The molecular weight excluding hydrogens is 352 g/mol. The summed E-state index contributed by atoms with van der Waals surface area (Å²) in [6, 6.07) is -0.594. The Bertz CT molecular complexity index is 398. The first-order valence-corrected chi connectivity index (χ1v) is 11.5. The van der Waals surface area contributed by atoms with Crippen molar-refractivity contribution in [2.45, 2.75) is 110 Å². The number of carbonyl (C=O) groups is 1. The Morgan fingerprint density at radius 1 is 0.821 bits per heavy atom. The van der Waals surface area contributed by atoms with Crippen molar-refractivity contribution >= 4 is 11.9 Å². The highest BCUT2D eigenvalue weighted by molar-refractivity contribution is 5.76. The van der Waals surface area contributed by atoms with Gasteiger partial charge in [0, 0.05) is 6.54 Å². The zero-order chi connectivity index (χ0) is 21.0. The molecule has 0 fully saturated rings. The Hall–Kier alpha value is -1.30. The molecule has 0 aromatic rings. The summed E-state index contributed by atoms with van der Waals surface area (Å²) >= 11 is 0. The third-order valence-electron chi connectivity index (χ3n) is 5.16. The summed E-state index contributed by atoms with van der Waals surface area (Å²) in [5.74, 6) is 0.226. The SMILES string of the molecule is CCCCCCCCC(CCCCCC)COC(=O)[C@@H](N)CCCN=C(N)N. The molecule has 166 valence electrons. The largest absolute Gasteiger partial charge is 0.464 e. The van der Waals surface area contributed by atoms with Crippen LogP contribution < -0.4 is 17.2 Å². The van der Waals surface area contributed by atoms with Crippen molar-refractivity contribution in [1.29, 1.82) is 0 Å². The second kappa shape index (κ2) is 19.0. The van der Waals surface area contributed by atoms with E-state index in [0.29, 0.717) is 31.9 Å². The van der Waals surface area contributed by atoms with E-state index in [9.17, 15) is 4.79 Å². The third-order valence-corrected chi connectivity index (χ3v) is 5.16. The first-order chi connectivity index (χ1) is 13.5. The summed E-state index contributed by atoms with van der Waals surface area (Å²) in [5, 5.41) is 0. The molecule has 0 aliphatic rings. The zero-order valence-corrected chi connectivity index (χ0v) is 18.5. The summed E-state index contributed by atoms with van der Waals surface area (Å²) in [4.78, 5) is 16.1. The molecule has 0 amide bonds. The van der Waals surface area contributed by atoms with Crippen molar-refractivity contribution in [3.63, 3.8) is 0 Å². The van der Waals surface area contributed by atoms with Crippen LogP contribution >= 0.6 is 0 Å². The Morgan fingerprint density at radius 3 is 1.93 bits per heavy atom. The van der Waals surface area contributed by atoms with Crippen LogP contribution in [0.1, 0.15) is 104 Å². The van der Waals surface area contributed by atoms with Gasteiger partial charge >= 0.3 is 5.97 Å². The minimum Gasteiger partial charge on any atom is -0.464 e. The molecule has 0 aromatic heterocycles. The van der Waals surface area contributed by atoms with E-state index in [1.54, 1.807) is 0 Å². The summed E-state index contributed by atoms with van der Waals surface area (Å²) < 4.78 is 5.55. The second-order valence-electron chi connectivity index (χ2n) is 7.96. The Labute approximate surface area is 173 Å². The highest BCUT2D eigenvalue weighted by Crippen LogP contribution is 2.19. The Morgan fingerprint density at radius 2 is 1.36 bits per heavy atom. The molecule has 0 aliphatic heterocycles. The number of hydrogen-bond donors (Lipinski definition) is 3. The van der Waals surface area contributed by atoms with Crippen LogP contribution in [0.25, 0.3) is 0 Å². The van der Waals surface area contributed by atoms with Crippen LogP contribution in [0.3, 0.4) is 0 Å². The topological polar surface area (TPSA) is 117 Å². The molecule has 0 bridgehead atoms. The number of rotatable bonds is 19. The lowest BCUT2D eigenvalue weighted by Crippen LogP contribution is -2.33. The average molecular weight is 399 g/mol. The highest BCUT2D eigenvalue weighted by Gasteiger charge is 2.17. The first-order valence-electron chi connectivity index (χ1n) is 11.5. The number of guanidine groups is 1. The van der Waals surface area contributed by atoms with Crippen molar-refractivity contribution in [1.82, 2.24) is 0 Å². The van der Waals surface area contributed by atoms with Gasteiger partial charge in [0.2, 0.25) is 0 Å². The number of esters is 1. The van der Waals surface area contributed by atoms with Crippen LogP contribution in [0, 0.1) is 5.92 Å². The van der Waals surface area contributed by atoms with E-state index < -0.39 is 6.04 Å². The van der Waals surface area contributed by atoms with Crippen LogP contribution in [0.5, 0.6) is 0 Å². The fourth-order valence-electron chi connectivity index (χ4n) is 3.33. The fraction of sp³-hybridized carbons (Fsp3) is 0.909. The molecule has 6 nitrogen and oxygen atoms in total. The minimum absolute atomic E-state index is 0.0664. The maximum atomic E-state index is 12.2. The van der Waals surface area contributed by atoms with Crippen molar-refractivity contribution < 1.29 is 9.53 Å². The van der Waals surface area contributed by atoms with Gasteiger partial charge in [0.25, 0.3) is 0 Å². The number of ether oxygens (including phenoxy) is 1. The van der Waals surface area contributed by atoms with Gasteiger partial charge in [0.05, 0.1) is 6.61 Å². The summed E-state index contributed by atoms with van der Waals surface area (Å²) in [6.45, 7) is 5.46. The molecule has 0 saturated carbocycles. The van der Waals surface area contributed by atoms with Crippen LogP contribution in [-0.2, 0) is 9.53 Å². The van der Waals surface area contributed by atoms with Crippen molar-refractivity contribution in [2.24, 2.45) is 28.1 Å². The van der Waals surface area contributed by atoms with Gasteiger partial charge in [-0.25, -0.2) is 0 Å². The maximum Gasteiger partial charge on any atom is 0.322 e. The van der Waals surface area contributed by atoms with Gasteiger partial charge in [0.1, 0.15) is 6.04 Å². The summed E-state index contributed by atoms with van der Waals surface area (Å²) in [5.41, 5.74) is 16.5. The molecule has 0 saturated heterocycles. The van der Waals surface area contributed by atoms with E-state index in [1.807, 2.05) is 0 Å². The molecule has 6 N–H and O–H groups in total. The lowest BCUT2D eigenvalue weighted by atomic mass is 9.95. The van der Waals surface area contributed by atoms with Gasteiger partial charge in [0.15, 0.2) is 5.96 Å². The lowest BCUT2D eigenvalue weighted by Gasteiger charge is -2.19. The zero-order valence-electron chi connectivity index (χ0n) is 18.5. The number of aliphatic imine (C=N–C) groups is 1. The van der Waals surface area contributed by atoms with E-state index in [-0.39, 0.29) is 11.9 Å². The Kier molecular flexibility index (Phi) is 18.2. The molecule has 0 heterocycles. The van der Waals surface area contributed by atoms with Crippen molar-refractivity contribution in [2.75, 3.05) is 13.2 Å². The fourth-order valence-corrected chi connectivity index (χ4v) is 3.33. The van der Waals surface area contributed by atoms with Crippen molar-refractivity contribution in [3.05, 3.63) is 0 Å². The molecule has 1 unspecified atom stereocenters. The lowest BCUT2D eigenvalue weighted by molar-refractivity contribution is -0.147.